The van der Waals surface area contributed by atoms with E-state index >= 15 is 0 Å². The second-order valence-corrected chi connectivity index (χ2v) is 2.71. The van der Waals surface area contributed by atoms with Gasteiger partial charge in [0, 0.05) is 0 Å². The quantitative estimate of drug-likeness (QED) is 0.752. The lowest BCUT2D eigenvalue weighted by Gasteiger charge is -2.06. The molecule has 0 spiro atoms. The Hall–Kier alpha value is -1.20. The van der Waals surface area contributed by atoms with Crippen LogP contribution < -0.4 is 10.6 Å². The third kappa shape index (κ3) is 2.40. The fourth-order valence-corrected chi connectivity index (χ4v) is 1.13. The lowest BCUT2D eigenvalue weighted by Crippen LogP contribution is -2.04. The van der Waals surface area contributed by atoms with Crippen molar-refractivity contribution < 1.29 is 18.4 Å². The molecule has 0 aliphatic heterocycles. The Kier molecular flexibility index (Phi) is 3.79. The number of ether oxygens (including phenoxy) is 1. The van der Waals surface area contributed by atoms with Crippen LogP contribution in [0.15, 0.2) is 12.1 Å². The van der Waals surface area contributed by atoms with E-state index in [4.69, 9.17) is 5.90 Å². The van der Waals surface area contributed by atoms with Crippen LogP contribution in [0.25, 0.3) is 0 Å². The van der Waals surface area contributed by atoms with Gasteiger partial charge in [-0.1, -0.05) is 0 Å². The maximum absolute atomic E-state index is 13.1. The maximum Gasteiger partial charge on any atom is 0.190 e. The summed E-state index contributed by atoms with van der Waals surface area (Å²) in [7, 11) is 1.21. The van der Waals surface area contributed by atoms with E-state index in [2.05, 4.69) is 9.57 Å². The van der Waals surface area contributed by atoms with Crippen LogP contribution in [-0.4, -0.2) is 13.7 Å². The predicted octanol–water partition coefficient (Wildman–Crippen LogP) is 1.41. The van der Waals surface area contributed by atoms with Gasteiger partial charge >= 0.3 is 0 Å². The first kappa shape index (κ1) is 10.9. The van der Waals surface area contributed by atoms with Crippen molar-refractivity contribution in [1.82, 2.24) is 0 Å². The Balaban J connectivity index is 2.90. The highest BCUT2D eigenvalue weighted by Gasteiger charge is 2.10. The fourth-order valence-electron chi connectivity index (χ4n) is 1.13. The average Bonchev–Trinajstić information content (AvgIpc) is 2.14. The van der Waals surface area contributed by atoms with Crippen molar-refractivity contribution in [3.05, 3.63) is 29.3 Å². The summed E-state index contributed by atoms with van der Waals surface area (Å²) in [6.07, 6.45) is 0.355. The summed E-state index contributed by atoms with van der Waals surface area (Å²) in [5.74, 6) is 2.98. The third-order valence-electron chi connectivity index (χ3n) is 1.77. The van der Waals surface area contributed by atoms with Gasteiger partial charge in [-0.05, 0) is 24.1 Å². The zero-order valence-corrected chi connectivity index (χ0v) is 7.72. The molecule has 14 heavy (non-hydrogen) atoms. The second kappa shape index (κ2) is 4.88. The van der Waals surface area contributed by atoms with E-state index in [1.807, 2.05) is 0 Å². The number of hydrogen-bond donors (Lipinski definition) is 1. The summed E-state index contributed by atoms with van der Waals surface area (Å²) in [5, 5.41) is 0. The van der Waals surface area contributed by atoms with E-state index in [1.165, 1.54) is 19.2 Å². The van der Waals surface area contributed by atoms with Gasteiger partial charge in [-0.3, -0.25) is 0 Å². The van der Waals surface area contributed by atoms with E-state index in [9.17, 15) is 8.78 Å². The SMILES string of the molecule is COc1c(F)cc(CCON)cc1F. The molecule has 0 aromatic heterocycles. The van der Waals surface area contributed by atoms with Crippen LogP contribution in [0, 0.1) is 11.6 Å². The van der Waals surface area contributed by atoms with Crippen molar-refractivity contribution in [2.45, 2.75) is 6.42 Å². The summed E-state index contributed by atoms with van der Waals surface area (Å²) >= 11 is 0. The Bertz CT molecular complexity index is 295. The number of hydrogen-bond acceptors (Lipinski definition) is 3. The molecule has 0 unspecified atom stereocenters. The topological polar surface area (TPSA) is 44.5 Å². The Morgan fingerprint density at radius 1 is 1.29 bits per heavy atom. The summed E-state index contributed by atoms with van der Waals surface area (Å²) in [5.41, 5.74) is 0.478. The Labute approximate surface area is 80.4 Å². The van der Waals surface area contributed by atoms with E-state index < -0.39 is 11.6 Å². The van der Waals surface area contributed by atoms with E-state index in [-0.39, 0.29) is 12.4 Å². The van der Waals surface area contributed by atoms with Crippen molar-refractivity contribution in [3.63, 3.8) is 0 Å². The van der Waals surface area contributed by atoms with Crippen LogP contribution in [0.5, 0.6) is 5.75 Å². The molecule has 0 aliphatic rings. The first-order valence-electron chi connectivity index (χ1n) is 4.02. The summed E-state index contributed by atoms with van der Waals surface area (Å²) in [6.45, 7) is 0.214. The minimum Gasteiger partial charge on any atom is -0.491 e. The van der Waals surface area contributed by atoms with Crippen molar-refractivity contribution in [2.24, 2.45) is 5.90 Å². The van der Waals surface area contributed by atoms with Gasteiger partial charge in [-0.25, -0.2) is 14.7 Å². The van der Waals surface area contributed by atoms with Crippen LogP contribution in [0.4, 0.5) is 8.78 Å². The smallest absolute Gasteiger partial charge is 0.190 e. The molecule has 0 heterocycles. The predicted molar refractivity (Wildman–Crippen MR) is 46.8 cm³/mol. The molecule has 2 N–H and O–H groups in total. The molecule has 0 saturated heterocycles. The van der Waals surface area contributed by atoms with Crippen LogP contribution in [0.2, 0.25) is 0 Å². The summed E-state index contributed by atoms with van der Waals surface area (Å²) in [6, 6.07) is 2.39. The van der Waals surface area contributed by atoms with Crippen molar-refractivity contribution in [2.75, 3.05) is 13.7 Å². The highest BCUT2D eigenvalue weighted by molar-refractivity contribution is 5.31. The van der Waals surface area contributed by atoms with Crippen LogP contribution >= 0.6 is 0 Å². The maximum atomic E-state index is 13.1. The number of halogens is 2. The molecule has 0 fully saturated rings. The summed E-state index contributed by atoms with van der Waals surface area (Å²) < 4.78 is 30.7. The molecule has 1 rings (SSSR count). The lowest BCUT2D eigenvalue weighted by molar-refractivity contribution is 0.141. The highest BCUT2D eigenvalue weighted by atomic mass is 19.1. The first-order valence-corrected chi connectivity index (χ1v) is 4.02. The molecule has 78 valence electrons. The molecule has 0 radical (unpaired) electrons. The van der Waals surface area contributed by atoms with E-state index in [0.29, 0.717) is 12.0 Å². The zero-order valence-electron chi connectivity index (χ0n) is 7.72. The first-order chi connectivity index (χ1) is 6.69. The van der Waals surface area contributed by atoms with E-state index in [0.717, 1.165) is 0 Å². The fraction of sp³-hybridized carbons (Fsp3) is 0.333. The molecule has 0 aliphatic carbocycles. The number of benzene rings is 1. The van der Waals surface area contributed by atoms with Crippen LogP contribution in [0.1, 0.15) is 5.56 Å². The number of methoxy groups -OCH3 is 1. The van der Waals surface area contributed by atoms with Gasteiger partial charge in [0.1, 0.15) is 0 Å². The van der Waals surface area contributed by atoms with E-state index in [1.54, 1.807) is 0 Å². The Morgan fingerprint density at radius 3 is 2.29 bits per heavy atom. The van der Waals surface area contributed by atoms with Crippen molar-refractivity contribution in [3.8, 4) is 5.75 Å². The molecule has 5 heteroatoms. The second-order valence-electron chi connectivity index (χ2n) is 2.71. The van der Waals surface area contributed by atoms with Crippen LogP contribution in [0.3, 0.4) is 0 Å². The molecule has 0 atom stereocenters. The van der Waals surface area contributed by atoms with Crippen LogP contribution in [-0.2, 0) is 11.3 Å². The van der Waals surface area contributed by atoms with Gasteiger partial charge in [0.05, 0.1) is 13.7 Å². The Morgan fingerprint density at radius 2 is 1.86 bits per heavy atom. The van der Waals surface area contributed by atoms with Crippen molar-refractivity contribution in [1.29, 1.82) is 0 Å². The number of rotatable bonds is 4. The van der Waals surface area contributed by atoms with Gasteiger partial charge < -0.3 is 9.57 Å². The number of nitrogens with two attached hydrogens (primary N) is 1. The average molecular weight is 203 g/mol. The third-order valence-corrected chi connectivity index (χ3v) is 1.77. The minimum atomic E-state index is -0.723. The largest absolute Gasteiger partial charge is 0.491 e. The molecule has 0 bridgehead atoms. The standard InChI is InChI=1S/C9H11F2NO2/c1-13-9-7(10)4-6(2-3-14-12)5-8(9)11/h4-5H,2-3,12H2,1H3. The molecule has 1 aromatic carbocycles. The zero-order chi connectivity index (χ0) is 10.6. The molecule has 0 amide bonds. The molecular weight excluding hydrogens is 192 g/mol. The molecular formula is C9H11F2NO2. The molecule has 1 aromatic rings. The highest BCUT2D eigenvalue weighted by Crippen LogP contribution is 2.22. The van der Waals surface area contributed by atoms with Gasteiger partial charge in [0.15, 0.2) is 17.4 Å². The van der Waals surface area contributed by atoms with Gasteiger partial charge in [0.25, 0.3) is 0 Å². The minimum absolute atomic E-state index is 0.214. The van der Waals surface area contributed by atoms with Gasteiger partial charge in [-0.15, -0.1) is 0 Å². The lowest BCUT2D eigenvalue weighted by atomic mass is 10.1. The monoisotopic (exact) mass is 203 g/mol. The normalized spacial score (nSPS) is 10.3. The van der Waals surface area contributed by atoms with Gasteiger partial charge in [-0.2, -0.15) is 0 Å². The summed E-state index contributed by atoms with van der Waals surface area (Å²) in [4.78, 5) is 4.31. The van der Waals surface area contributed by atoms with Gasteiger partial charge in [0.2, 0.25) is 0 Å². The molecule has 3 nitrogen and oxygen atoms in total. The molecule has 0 saturated carbocycles. The van der Waals surface area contributed by atoms with Crippen molar-refractivity contribution >= 4 is 0 Å².